The van der Waals surface area contributed by atoms with Crippen molar-refractivity contribution >= 4 is 22.8 Å². The van der Waals surface area contributed by atoms with Crippen molar-refractivity contribution in [2.45, 2.75) is 59.9 Å². The zero-order chi connectivity index (χ0) is 30.2. The van der Waals surface area contributed by atoms with Crippen LogP contribution in [0.15, 0.2) is 48.7 Å². The highest BCUT2D eigenvalue weighted by Crippen LogP contribution is 2.33. The van der Waals surface area contributed by atoms with Gasteiger partial charge in [0.25, 0.3) is 0 Å². The van der Waals surface area contributed by atoms with Gasteiger partial charge in [0.1, 0.15) is 23.6 Å². The highest BCUT2D eigenvalue weighted by Gasteiger charge is 2.24. The van der Waals surface area contributed by atoms with Crippen molar-refractivity contribution < 1.29 is 19.1 Å². The number of primary amides is 1. The Labute approximate surface area is 243 Å². The summed E-state index contributed by atoms with van der Waals surface area (Å²) in [6.07, 6.45) is 1.65. The molecular weight excluding hydrogens is 536 g/mol. The van der Waals surface area contributed by atoms with Crippen molar-refractivity contribution in [2.24, 2.45) is 5.73 Å². The first-order chi connectivity index (χ1) is 20.0. The van der Waals surface area contributed by atoms with Crippen LogP contribution >= 0.6 is 0 Å². The fraction of sp³-hybridized carbons (Fsp3) is 0.333. The fourth-order valence-corrected chi connectivity index (χ4v) is 4.85. The molecule has 0 spiro atoms. The van der Waals surface area contributed by atoms with Gasteiger partial charge in [-0.15, -0.1) is 10.2 Å². The molecule has 0 unspecified atom stereocenters. The molecule has 0 bridgehead atoms. The van der Waals surface area contributed by atoms with E-state index in [1.165, 1.54) is 4.68 Å². The van der Waals surface area contributed by atoms with E-state index >= 15 is 0 Å². The van der Waals surface area contributed by atoms with E-state index in [9.17, 15) is 9.59 Å². The van der Waals surface area contributed by atoms with Crippen LogP contribution < -0.4 is 10.5 Å². The number of ether oxygens (including phenoxy) is 2. The van der Waals surface area contributed by atoms with Gasteiger partial charge in [-0.2, -0.15) is 10.2 Å². The van der Waals surface area contributed by atoms with E-state index in [0.717, 1.165) is 22.7 Å². The zero-order valence-electron chi connectivity index (χ0n) is 24.6. The van der Waals surface area contributed by atoms with Crippen LogP contribution in [0.25, 0.3) is 33.8 Å². The number of hydrogen-bond acceptors (Lipinski definition) is 8. The van der Waals surface area contributed by atoms with Crippen LogP contribution in [-0.4, -0.2) is 58.9 Å². The van der Waals surface area contributed by atoms with Gasteiger partial charge >= 0.3 is 5.97 Å². The molecule has 0 aliphatic rings. The first-order valence-electron chi connectivity index (χ1n) is 13.6. The van der Waals surface area contributed by atoms with Gasteiger partial charge in [0.15, 0.2) is 11.6 Å². The number of rotatable bonds is 9. The third-order valence-electron chi connectivity index (χ3n) is 6.67. The number of methoxy groups -OCH3 is 1. The summed E-state index contributed by atoms with van der Waals surface area (Å²) in [6, 6.07) is 13.0. The molecule has 12 heteroatoms. The monoisotopic (exact) mass is 570 g/mol. The van der Waals surface area contributed by atoms with Crippen LogP contribution in [0.4, 0.5) is 0 Å². The number of esters is 1. The third-order valence-corrected chi connectivity index (χ3v) is 6.67. The predicted octanol–water partition coefficient (Wildman–Crippen LogP) is 3.98. The van der Waals surface area contributed by atoms with Crippen LogP contribution in [0, 0.1) is 6.92 Å². The Kier molecular flexibility index (Phi) is 7.55. The van der Waals surface area contributed by atoms with E-state index in [0.29, 0.717) is 41.2 Å². The number of carbonyl (C=O) groups is 2. The smallest absolute Gasteiger partial charge is 0.328 e. The van der Waals surface area contributed by atoms with Crippen LogP contribution in [-0.2, 0) is 29.2 Å². The van der Waals surface area contributed by atoms with Crippen molar-refractivity contribution in [3.05, 3.63) is 65.5 Å². The number of hydrogen-bond donors (Lipinski definition) is 1. The Bertz CT molecular complexity index is 1770. The summed E-state index contributed by atoms with van der Waals surface area (Å²) in [7, 11) is 1.62. The van der Waals surface area contributed by atoms with Crippen molar-refractivity contribution in [3.63, 3.8) is 0 Å². The summed E-state index contributed by atoms with van der Waals surface area (Å²) in [6.45, 7) is 10.3. The Balaban J connectivity index is 1.69. The van der Waals surface area contributed by atoms with Gasteiger partial charge in [-0.1, -0.05) is 12.1 Å². The summed E-state index contributed by atoms with van der Waals surface area (Å²) in [5, 5.41) is 19.0. The highest BCUT2D eigenvalue weighted by molar-refractivity contribution is 6.02. The first-order valence-corrected chi connectivity index (χ1v) is 13.6. The maximum Gasteiger partial charge on any atom is 0.328 e. The molecule has 2 aromatic carbocycles. The molecule has 0 fully saturated rings. The van der Waals surface area contributed by atoms with E-state index in [2.05, 4.69) is 20.4 Å². The van der Waals surface area contributed by atoms with Gasteiger partial charge in [0.2, 0.25) is 5.91 Å². The number of aryl methyl sites for hydroxylation is 2. The van der Waals surface area contributed by atoms with Crippen molar-refractivity contribution in [2.75, 3.05) is 7.11 Å². The lowest BCUT2D eigenvalue weighted by molar-refractivity contribution is -0.155. The number of carbonyl (C=O) groups excluding carboxylic acids is 2. The summed E-state index contributed by atoms with van der Waals surface area (Å²) in [5.74, 6) is 0.793. The quantitative estimate of drug-likeness (QED) is 0.262. The first kappa shape index (κ1) is 28.5. The minimum atomic E-state index is -0.652. The molecule has 218 valence electrons. The molecule has 1 amide bonds. The fourth-order valence-electron chi connectivity index (χ4n) is 4.85. The summed E-state index contributed by atoms with van der Waals surface area (Å²) in [4.78, 5) is 25.1. The lowest BCUT2D eigenvalue weighted by Crippen LogP contribution is -2.26. The predicted molar refractivity (Wildman–Crippen MR) is 157 cm³/mol. The summed E-state index contributed by atoms with van der Waals surface area (Å²) in [5.41, 5.74) is 9.15. The minimum Gasteiger partial charge on any atom is -0.497 e. The second-order valence-corrected chi connectivity index (χ2v) is 11.0. The molecule has 0 saturated heterocycles. The number of amides is 1. The SMILES string of the molecule is CCn1nc(C)cc1-c1nnc(-c2cc(C(N)=O)cc3c2cnn3CC(=O)OC(C)(C)C)n1Cc1ccc(OC)cc1. The second kappa shape index (κ2) is 11.1. The Hall–Kier alpha value is -5.00. The van der Waals surface area contributed by atoms with E-state index in [1.54, 1.807) is 46.2 Å². The van der Waals surface area contributed by atoms with Gasteiger partial charge < -0.3 is 19.8 Å². The van der Waals surface area contributed by atoms with Gasteiger partial charge in [0, 0.05) is 23.1 Å². The average Bonchev–Trinajstić information content (AvgIpc) is 3.64. The van der Waals surface area contributed by atoms with Crippen LogP contribution in [0.1, 0.15) is 49.3 Å². The zero-order valence-corrected chi connectivity index (χ0v) is 24.6. The van der Waals surface area contributed by atoms with E-state index in [1.807, 2.05) is 53.4 Å². The molecule has 3 heterocycles. The Morgan fingerprint density at radius 3 is 2.36 bits per heavy atom. The number of nitrogens with zero attached hydrogens (tertiary/aromatic N) is 7. The normalized spacial score (nSPS) is 11.7. The molecule has 0 aliphatic carbocycles. The van der Waals surface area contributed by atoms with Crippen molar-refractivity contribution in [1.82, 2.24) is 34.3 Å². The van der Waals surface area contributed by atoms with E-state index in [-0.39, 0.29) is 12.1 Å². The Morgan fingerprint density at radius 1 is 1.00 bits per heavy atom. The summed E-state index contributed by atoms with van der Waals surface area (Å²) >= 11 is 0. The molecule has 12 nitrogen and oxygen atoms in total. The van der Waals surface area contributed by atoms with Gasteiger partial charge in [-0.3, -0.25) is 19.0 Å². The molecule has 2 N–H and O–H groups in total. The van der Waals surface area contributed by atoms with Gasteiger partial charge in [-0.05, 0) is 70.5 Å². The maximum atomic E-state index is 12.7. The number of nitrogens with two attached hydrogens (primary N) is 1. The standard InChI is InChI=1S/C30H34N8O4/c1-7-37-25(12-18(2)35-37)29-34-33-28(36(29)16-19-8-10-21(41-6)11-9-19)22-13-20(27(31)40)14-24-23(22)15-32-38(24)17-26(39)42-30(3,4)5/h8-15H,7,16-17H2,1-6H3,(H2,31,40). The highest BCUT2D eigenvalue weighted by atomic mass is 16.6. The third kappa shape index (κ3) is 5.73. The van der Waals surface area contributed by atoms with Crippen molar-refractivity contribution in [1.29, 1.82) is 0 Å². The van der Waals surface area contributed by atoms with Crippen LogP contribution in [0.3, 0.4) is 0 Å². The Morgan fingerprint density at radius 2 is 1.71 bits per heavy atom. The second-order valence-electron chi connectivity index (χ2n) is 11.0. The van der Waals surface area contributed by atoms with Crippen LogP contribution in [0.5, 0.6) is 5.75 Å². The number of aromatic nitrogens is 7. The molecule has 5 rings (SSSR count). The topological polar surface area (TPSA) is 145 Å². The van der Waals surface area contributed by atoms with E-state index < -0.39 is 17.5 Å². The molecule has 3 aromatic heterocycles. The molecule has 5 aromatic rings. The average molecular weight is 571 g/mol. The summed E-state index contributed by atoms with van der Waals surface area (Å²) < 4.78 is 16.2. The number of benzene rings is 2. The molecule has 0 atom stereocenters. The largest absolute Gasteiger partial charge is 0.497 e. The number of fused-ring (bicyclic) bond motifs is 1. The van der Waals surface area contributed by atoms with Crippen molar-refractivity contribution in [3.8, 4) is 28.7 Å². The van der Waals surface area contributed by atoms with E-state index in [4.69, 9.17) is 15.2 Å². The molecule has 0 aliphatic heterocycles. The van der Waals surface area contributed by atoms with Gasteiger partial charge in [0.05, 0.1) is 31.1 Å². The minimum absolute atomic E-state index is 0.138. The molecule has 0 saturated carbocycles. The molecule has 0 radical (unpaired) electrons. The maximum absolute atomic E-state index is 12.7. The lowest BCUT2D eigenvalue weighted by Gasteiger charge is -2.19. The molecule has 42 heavy (non-hydrogen) atoms. The lowest BCUT2D eigenvalue weighted by atomic mass is 10.0. The van der Waals surface area contributed by atoms with Gasteiger partial charge in [-0.25, -0.2) is 0 Å². The van der Waals surface area contributed by atoms with Crippen LogP contribution in [0.2, 0.25) is 0 Å². The molecular formula is C30H34N8O4.